The quantitative estimate of drug-likeness (QED) is 0.790. The average Bonchev–Trinajstić information content (AvgIpc) is 3.02. The summed E-state index contributed by atoms with van der Waals surface area (Å²) in [4.78, 5) is 13.3. The third kappa shape index (κ3) is 3.89. The monoisotopic (exact) mass is 297 g/mol. The molecule has 2 N–H and O–H groups in total. The molecule has 22 heavy (non-hydrogen) atoms. The zero-order valence-electron chi connectivity index (χ0n) is 12.2. The second-order valence-corrected chi connectivity index (χ2v) is 4.71. The van der Waals surface area contributed by atoms with Gasteiger partial charge < -0.3 is 10.2 Å². The van der Waals surface area contributed by atoms with Gasteiger partial charge in [-0.25, -0.2) is 0 Å². The molecule has 0 spiro atoms. The van der Waals surface area contributed by atoms with Gasteiger partial charge in [-0.1, -0.05) is 12.1 Å². The van der Waals surface area contributed by atoms with Crippen LogP contribution in [0.15, 0.2) is 30.5 Å². The minimum Gasteiger partial charge on any atom is -0.360 e. The maximum absolute atomic E-state index is 11.7. The molecule has 0 atom stereocenters. The van der Waals surface area contributed by atoms with Crippen molar-refractivity contribution in [2.24, 2.45) is 0 Å². The lowest BCUT2D eigenvalue weighted by molar-refractivity contribution is -0.127. The molecule has 1 aromatic heterocycles. The highest BCUT2D eigenvalue weighted by atomic mass is 16.2. The maximum Gasteiger partial charge on any atom is 0.226 e. The van der Waals surface area contributed by atoms with E-state index >= 15 is 0 Å². The highest BCUT2D eigenvalue weighted by Crippen LogP contribution is 2.14. The lowest BCUT2D eigenvalue weighted by atomic mass is 10.1. The third-order valence-corrected chi connectivity index (χ3v) is 2.87. The van der Waals surface area contributed by atoms with E-state index in [0.29, 0.717) is 6.42 Å². The number of rotatable bonds is 5. The Kier molecular flexibility index (Phi) is 4.82. The van der Waals surface area contributed by atoms with Crippen molar-refractivity contribution in [1.29, 1.82) is 5.26 Å². The number of carbonyl (C=O) groups is 1. The summed E-state index contributed by atoms with van der Waals surface area (Å²) in [5.41, 5.74) is 1.90. The van der Waals surface area contributed by atoms with E-state index in [2.05, 4.69) is 25.9 Å². The normalized spacial score (nSPS) is 10.9. The second-order valence-electron chi connectivity index (χ2n) is 4.71. The molecule has 1 amide bonds. The summed E-state index contributed by atoms with van der Waals surface area (Å²) in [7, 11) is 3.44. The average molecular weight is 297 g/mol. The minimum atomic E-state index is 0.0252. The van der Waals surface area contributed by atoms with E-state index in [1.54, 1.807) is 19.0 Å². The van der Waals surface area contributed by atoms with E-state index in [9.17, 15) is 4.79 Å². The second kappa shape index (κ2) is 6.99. The van der Waals surface area contributed by atoms with Gasteiger partial charge in [0.1, 0.15) is 11.6 Å². The van der Waals surface area contributed by atoms with Crippen molar-refractivity contribution in [2.75, 3.05) is 19.4 Å². The van der Waals surface area contributed by atoms with E-state index in [-0.39, 0.29) is 17.3 Å². The van der Waals surface area contributed by atoms with Crippen molar-refractivity contribution in [3.8, 4) is 6.07 Å². The van der Waals surface area contributed by atoms with Gasteiger partial charge in [-0.3, -0.25) is 4.79 Å². The summed E-state index contributed by atoms with van der Waals surface area (Å²) in [5.74, 6) is 0.242. The minimum absolute atomic E-state index is 0.0252. The fourth-order valence-corrected chi connectivity index (χ4v) is 1.68. The van der Waals surface area contributed by atoms with Crippen LogP contribution < -0.4 is 5.32 Å². The number of nitrogens with one attached hydrogen (secondary N) is 2. The molecule has 0 unspecified atom stereocenters. The van der Waals surface area contributed by atoms with Crippen LogP contribution in [0.1, 0.15) is 11.4 Å². The van der Waals surface area contributed by atoms with Crippen molar-refractivity contribution in [3.63, 3.8) is 0 Å². The number of aromatic nitrogens is 4. The van der Waals surface area contributed by atoms with Crippen molar-refractivity contribution in [3.05, 3.63) is 41.9 Å². The Morgan fingerprint density at radius 3 is 2.95 bits per heavy atom. The maximum atomic E-state index is 11.7. The molecule has 0 saturated carbocycles. The molecule has 0 aliphatic rings. The predicted molar refractivity (Wildman–Crippen MR) is 80.2 cm³/mol. The van der Waals surface area contributed by atoms with Crippen LogP contribution in [0.5, 0.6) is 0 Å². The standard InChI is InChI=1S/C14H15N7O/c1-21(2)13(22)7-10-4-3-5-12(6-10)16-9-11(8-15)14-17-19-20-18-14/h3-6,9,16H,7H2,1-2H3,(H,17,18,19,20). The first-order valence-corrected chi connectivity index (χ1v) is 6.50. The summed E-state index contributed by atoms with van der Waals surface area (Å²) in [5, 5.41) is 25.3. The molecular weight excluding hydrogens is 282 g/mol. The topological polar surface area (TPSA) is 111 Å². The molecule has 1 aromatic carbocycles. The summed E-state index contributed by atoms with van der Waals surface area (Å²) < 4.78 is 0. The molecule has 1 heterocycles. The number of nitrogens with zero attached hydrogens (tertiary/aromatic N) is 5. The van der Waals surface area contributed by atoms with Gasteiger partial charge in [0.05, 0.1) is 6.42 Å². The molecule has 112 valence electrons. The molecule has 0 fully saturated rings. The molecule has 0 aliphatic heterocycles. The Bertz CT molecular complexity index is 713. The van der Waals surface area contributed by atoms with Gasteiger partial charge in [0.25, 0.3) is 0 Å². The van der Waals surface area contributed by atoms with E-state index in [1.165, 1.54) is 6.20 Å². The van der Waals surface area contributed by atoms with Crippen LogP contribution in [0.4, 0.5) is 5.69 Å². The van der Waals surface area contributed by atoms with Crippen LogP contribution in [-0.2, 0) is 11.2 Å². The van der Waals surface area contributed by atoms with Gasteiger partial charge in [0.15, 0.2) is 0 Å². The molecule has 2 aromatic rings. The third-order valence-electron chi connectivity index (χ3n) is 2.87. The number of H-pyrrole nitrogens is 1. The molecular formula is C14H15N7O. The lowest BCUT2D eigenvalue weighted by Crippen LogP contribution is -2.23. The summed E-state index contributed by atoms with van der Waals surface area (Å²) in [6.45, 7) is 0. The molecule has 0 bridgehead atoms. The number of likely N-dealkylation sites (N-methyl/N-ethyl adjacent to an activating group) is 1. The highest BCUT2D eigenvalue weighted by molar-refractivity contribution is 5.79. The Balaban J connectivity index is 2.10. The van der Waals surface area contributed by atoms with Crippen LogP contribution >= 0.6 is 0 Å². The van der Waals surface area contributed by atoms with E-state index in [4.69, 9.17) is 5.26 Å². The van der Waals surface area contributed by atoms with E-state index < -0.39 is 0 Å². The number of amides is 1. The first-order chi connectivity index (χ1) is 10.6. The SMILES string of the molecule is CN(C)C(=O)Cc1cccc(NC=C(C#N)c2nn[nH]n2)c1. The largest absolute Gasteiger partial charge is 0.360 e. The zero-order valence-corrected chi connectivity index (χ0v) is 12.2. The zero-order chi connectivity index (χ0) is 15.9. The molecule has 8 heteroatoms. The number of carbonyl (C=O) groups excluding carboxylic acids is 1. The molecule has 8 nitrogen and oxygen atoms in total. The van der Waals surface area contributed by atoms with Gasteiger partial charge in [0.2, 0.25) is 11.7 Å². The predicted octanol–water partition coefficient (Wildman–Crippen LogP) is 0.807. The number of aromatic amines is 1. The first kappa shape index (κ1) is 15.2. The number of benzene rings is 1. The lowest BCUT2D eigenvalue weighted by Gasteiger charge is -2.10. The smallest absolute Gasteiger partial charge is 0.226 e. The number of anilines is 1. The van der Waals surface area contributed by atoms with Crippen LogP contribution in [0, 0.1) is 11.3 Å². The first-order valence-electron chi connectivity index (χ1n) is 6.50. The Morgan fingerprint density at radius 2 is 2.32 bits per heavy atom. The summed E-state index contributed by atoms with van der Waals surface area (Å²) in [6, 6.07) is 9.40. The Morgan fingerprint density at radius 1 is 1.50 bits per heavy atom. The molecule has 2 rings (SSSR count). The van der Waals surface area contributed by atoms with Gasteiger partial charge in [-0.05, 0) is 22.9 Å². The summed E-state index contributed by atoms with van der Waals surface area (Å²) in [6.07, 6.45) is 1.82. The van der Waals surface area contributed by atoms with Crippen molar-refractivity contribution < 1.29 is 4.79 Å². The number of hydrogen-bond acceptors (Lipinski definition) is 6. The number of hydrogen-bond donors (Lipinski definition) is 2. The Labute approximate surface area is 127 Å². The fraction of sp³-hybridized carbons (Fsp3) is 0.214. The molecule has 0 radical (unpaired) electrons. The van der Waals surface area contributed by atoms with Crippen LogP contribution in [0.25, 0.3) is 5.57 Å². The van der Waals surface area contributed by atoms with E-state index in [0.717, 1.165) is 11.3 Å². The van der Waals surface area contributed by atoms with Crippen molar-refractivity contribution >= 4 is 17.2 Å². The van der Waals surface area contributed by atoms with Gasteiger partial charge in [0, 0.05) is 26.0 Å². The van der Waals surface area contributed by atoms with Crippen LogP contribution in [0.3, 0.4) is 0 Å². The number of nitriles is 1. The highest BCUT2D eigenvalue weighted by Gasteiger charge is 2.07. The van der Waals surface area contributed by atoms with E-state index in [1.807, 2.05) is 30.3 Å². The van der Waals surface area contributed by atoms with Crippen LogP contribution in [0.2, 0.25) is 0 Å². The molecule has 0 aliphatic carbocycles. The van der Waals surface area contributed by atoms with Gasteiger partial charge in [-0.15, -0.1) is 10.2 Å². The van der Waals surface area contributed by atoms with Crippen molar-refractivity contribution in [2.45, 2.75) is 6.42 Å². The Hall–Kier alpha value is -3.21. The van der Waals surface area contributed by atoms with Crippen molar-refractivity contribution in [1.82, 2.24) is 25.5 Å². The molecule has 0 saturated heterocycles. The fourth-order valence-electron chi connectivity index (χ4n) is 1.68. The van der Waals surface area contributed by atoms with Gasteiger partial charge in [-0.2, -0.15) is 10.5 Å². The summed E-state index contributed by atoms with van der Waals surface area (Å²) >= 11 is 0. The number of allylic oxidation sites excluding steroid dienone is 1. The number of tetrazole rings is 1. The van der Waals surface area contributed by atoms with Gasteiger partial charge >= 0.3 is 0 Å². The van der Waals surface area contributed by atoms with Crippen LogP contribution in [-0.4, -0.2) is 45.5 Å².